The van der Waals surface area contributed by atoms with Crippen LogP contribution in [0.3, 0.4) is 0 Å². The number of hydrogen-bond acceptors (Lipinski definition) is 0. The van der Waals surface area contributed by atoms with Gasteiger partial charge in [-0.2, -0.15) is 0 Å². The summed E-state index contributed by atoms with van der Waals surface area (Å²) in [5, 5.41) is 22.6. The molecule has 0 fully saturated rings. The van der Waals surface area contributed by atoms with Gasteiger partial charge in [0.25, 0.3) is 0 Å². The zero-order chi connectivity index (χ0) is 56.2. The first-order valence-electron chi connectivity index (χ1n) is 27.8. The number of allylic oxidation sites excluding steroid dienone is 4. The molecule has 0 nitrogen and oxygen atoms in total. The summed E-state index contributed by atoms with van der Waals surface area (Å²) in [4.78, 5) is 0. The predicted octanol–water partition coefficient (Wildman–Crippen LogP) is 2.86. The van der Waals surface area contributed by atoms with Crippen molar-refractivity contribution in [2.24, 2.45) is 0 Å². The molecule has 0 unspecified atom stereocenters. The van der Waals surface area contributed by atoms with Gasteiger partial charge >= 0.3 is 468 Å². The fourth-order valence-electron chi connectivity index (χ4n) is 16.1. The van der Waals surface area contributed by atoms with E-state index in [0.717, 1.165) is 0 Å². The molecule has 0 aromatic heterocycles. The van der Waals surface area contributed by atoms with E-state index in [1.807, 2.05) is 46.7 Å². The van der Waals surface area contributed by atoms with Crippen molar-refractivity contribution in [3.8, 4) is 0 Å². The molecular formula is C60H111Cl3Si10Ti. The van der Waals surface area contributed by atoms with Crippen molar-refractivity contribution in [2.75, 3.05) is 0 Å². The number of hydrogen-bond donors (Lipinski definition) is 0. The van der Waals surface area contributed by atoms with Crippen molar-refractivity contribution in [1.29, 1.82) is 0 Å². The molecule has 1 aliphatic carbocycles. The van der Waals surface area contributed by atoms with E-state index in [1.54, 1.807) is 71.2 Å². The van der Waals surface area contributed by atoms with Crippen molar-refractivity contribution in [3.05, 3.63) is 55.7 Å². The van der Waals surface area contributed by atoms with E-state index < -0.39 is 80.7 Å². The molecular weight excluding hydrogens is 1160 g/mol. The minimum atomic E-state index is -3.55. The molecule has 74 heavy (non-hydrogen) atoms. The standard InChI is InChI=1S/C60H111Si10.3ClH.Ti/c1-38-39(2)41(4)51(40(38)3)70(58-52(64(20,21)22)42(5)48(61(11,12)13)43(6)53(58)65(23,24)25,59-54(66(26,27)28)44(7)49(62(14,15)16)45(8)55(59)67(29,30)31)60-56(68(32,33)34)46(9)50(63(17,18)19)47(10)57(60)69(35,36)37;;;;/h1-37H3;3*1H;/q;;;;+3/p-3. The Morgan fingerprint density at radius 3 is 0.446 bits per heavy atom. The second-order valence-corrected chi connectivity index (χ2v) is 83.2. The fraction of sp³-hybridized carbons (Fsp3) is 0.633. The van der Waals surface area contributed by atoms with Gasteiger partial charge in [0.2, 0.25) is 0 Å². The van der Waals surface area contributed by atoms with Crippen molar-refractivity contribution in [1.82, 2.24) is 0 Å². The Bertz CT molecular complexity index is 2350. The molecule has 3 aromatic rings. The van der Waals surface area contributed by atoms with E-state index in [4.69, 9.17) is 0 Å². The average Bonchev–Trinajstić information content (AvgIpc) is 3.21. The normalized spacial score (nSPS) is 15.7. The third kappa shape index (κ3) is 11.9. The van der Waals surface area contributed by atoms with Gasteiger partial charge in [0.1, 0.15) is 0 Å². The SMILES string of the molecule is CC1=C(C)[C]([Ti+3])([Si](c2c([Si](C)(C)C)c(C)c([Si](C)(C)C)c(C)c2[Si](C)(C)C)(c2c([Si](C)(C)C)c(C)c([Si](C)(C)C)c(C)c2[Si](C)(C)C)c2c([Si](C)(C)C)c(C)c([Si](C)(C)C)c(C)c2[Si](C)(C)C)C(C)=C1C.[Cl-].[Cl-].[Cl-]. The number of benzene rings is 3. The Kier molecular flexibility index (Phi) is 21.9. The summed E-state index contributed by atoms with van der Waals surface area (Å²) in [5.41, 5.74) is 16.8. The molecule has 0 atom stereocenters. The Morgan fingerprint density at radius 2 is 0.338 bits per heavy atom. The van der Waals surface area contributed by atoms with Crippen molar-refractivity contribution >= 4 is 143 Å². The fourth-order valence-corrected chi connectivity index (χ4v) is 56.7. The van der Waals surface area contributed by atoms with Gasteiger partial charge < -0.3 is 37.2 Å². The molecule has 0 saturated heterocycles. The van der Waals surface area contributed by atoms with Crippen LogP contribution in [0.5, 0.6) is 0 Å². The monoisotopic (exact) mass is 1260 g/mol. The summed E-state index contributed by atoms with van der Waals surface area (Å²) in [7, 11) is -22.2. The molecule has 0 aliphatic heterocycles. The van der Waals surface area contributed by atoms with Crippen LogP contribution >= 0.6 is 0 Å². The van der Waals surface area contributed by atoms with Gasteiger partial charge in [-0.25, -0.2) is 0 Å². The maximum absolute atomic E-state index is 3.55. The van der Waals surface area contributed by atoms with Crippen LogP contribution in [-0.2, 0) is 20.4 Å². The van der Waals surface area contributed by atoms with E-state index in [1.165, 1.54) is 0 Å². The third-order valence-electron chi connectivity index (χ3n) is 17.2. The Hall–Kier alpha value is 0.893. The van der Waals surface area contributed by atoms with Crippen LogP contribution in [0.2, 0.25) is 180 Å². The summed E-state index contributed by atoms with van der Waals surface area (Å²) in [6, 6.07) is 0. The molecule has 4 rings (SSSR count). The minimum Gasteiger partial charge on any atom is -1.00 e. The number of halogens is 3. The van der Waals surface area contributed by atoms with Crippen LogP contribution in [0.15, 0.2) is 22.3 Å². The molecule has 0 N–H and O–H groups in total. The van der Waals surface area contributed by atoms with Crippen LogP contribution in [0, 0.1) is 41.5 Å². The van der Waals surface area contributed by atoms with Gasteiger partial charge in [0, 0.05) is 0 Å². The smallest absolute Gasteiger partial charge is 1.00 e. The van der Waals surface area contributed by atoms with Gasteiger partial charge in [-0.05, 0) is 0 Å². The van der Waals surface area contributed by atoms with Gasteiger partial charge in [-0.1, -0.05) is 0 Å². The van der Waals surface area contributed by atoms with Crippen LogP contribution < -0.4 is 99.5 Å². The molecule has 416 valence electrons. The summed E-state index contributed by atoms with van der Waals surface area (Å²) in [6.07, 6.45) is 0. The largest absolute Gasteiger partial charge is 1.00 e. The first kappa shape index (κ1) is 72.9. The molecule has 1 aliphatic rings. The van der Waals surface area contributed by atoms with E-state index in [2.05, 4.69) is 266 Å². The Balaban J connectivity index is 0.00000913. The van der Waals surface area contributed by atoms with Crippen LogP contribution in [-0.4, -0.2) is 80.7 Å². The van der Waals surface area contributed by atoms with Crippen LogP contribution in [0.4, 0.5) is 0 Å². The molecule has 0 heterocycles. The van der Waals surface area contributed by atoms with E-state index in [0.29, 0.717) is 0 Å². The quantitative estimate of drug-likeness (QED) is 0.183. The Labute approximate surface area is 500 Å². The van der Waals surface area contributed by atoms with Crippen molar-refractivity contribution in [2.45, 2.75) is 249 Å². The van der Waals surface area contributed by atoms with Gasteiger partial charge in [-0.3, -0.25) is 0 Å². The average molecular weight is 1270 g/mol. The van der Waals surface area contributed by atoms with E-state index in [9.17, 15) is 0 Å². The second kappa shape index (κ2) is 22.2. The summed E-state index contributed by atoms with van der Waals surface area (Å²) in [6.45, 7) is 101. The molecule has 0 spiro atoms. The van der Waals surface area contributed by atoms with E-state index in [-0.39, 0.29) is 40.6 Å². The molecule has 0 amide bonds. The van der Waals surface area contributed by atoms with Crippen molar-refractivity contribution < 1.29 is 57.7 Å². The zero-order valence-electron chi connectivity index (χ0n) is 55.1. The topological polar surface area (TPSA) is 0 Å². The summed E-state index contributed by atoms with van der Waals surface area (Å²) in [5.74, 6) is 0. The Morgan fingerprint density at radius 1 is 0.216 bits per heavy atom. The van der Waals surface area contributed by atoms with Gasteiger partial charge in [0.15, 0.2) is 0 Å². The maximum atomic E-state index is 2.95. The van der Waals surface area contributed by atoms with Crippen LogP contribution in [0.25, 0.3) is 0 Å². The first-order chi connectivity index (χ1) is 31.1. The summed E-state index contributed by atoms with van der Waals surface area (Å²) >= 11 is 2.95. The predicted molar refractivity (Wildman–Crippen MR) is 359 cm³/mol. The van der Waals surface area contributed by atoms with Crippen molar-refractivity contribution in [3.63, 3.8) is 0 Å². The number of rotatable bonds is 13. The first-order valence-corrected chi connectivity index (χ1v) is 62.0. The molecule has 0 saturated carbocycles. The van der Waals surface area contributed by atoms with Crippen LogP contribution in [0.1, 0.15) is 61.1 Å². The van der Waals surface area contributed by atoms with E-state index >= 15 is 0 Å². The zero-order valence-corrected chi connectivity index (χ0v) is 69.0. The second-order valence-electron chi connectivity index (χ2n) is 32.5. The third-order valence-corrected chi connectivity index (χ3v) is 46.8. The summed E-state index contributed by atoms with van der Waals surface area (Å²) < 4.78 is -0.228. The maximum Gasteiger partial charge on any atom is -1.00 e. The molecule has 3 aromatic carbocycles. The minimum absolute atomic E-state index is 0. The van der Waals surface area contributed by atoms with Gasteiger partial charge in [-0.15, -0.1) is 0 Å². The molecule has 0 radical (unpaired) electrons. The van der Waals surface area contributed by atoms with Gasteiger partial charge in [0.05, 0.1) is 0 Å². The molecule has 14 heteroatoms. The molecule has 0 bridgehead atoms.